The highest BCUT2D eigenvalue weighted by molar-refractivity contribution is 6.32. The van der Waals surface area contributed by atoms with Gasteiger partial charge < -0.3 is 67.8 Å². The molecule has 2 aromatic carbocycles. The smallest absolute Gasteiger partial charge is 0.347 e. The van der Waals surface area contributed by atoms with Gasteiger partial charge in [0.2, 0.25) is 11.8 Å². The summed E-state index contributed by atoms with van der Waals surface area (Å²) in [6.07, 6.45) is 7.75. The summed E-state index contributed by atoms with van der Waals surface area (Å²) in [6.45, 7) is -0.398. The molecule has 4 atom stereocenters. The van der Waals surface area contributed by atoms with Gasteiger partial charge in [-0.1, -0.05) is 11.6 Å². The van der Waals surface area contributed by atoms with Crippen LogP contribution in [0.15, 0.2) is 135 Å². The van der Waals surface area contributed by atoms with Gasteiger partial charge in [-0.3, -0.25) is 69.6 Å². The van der Waals surface area contributed by atoms with E-state index in [4.69, 9.17) is 44.4 Å². The number of nitro benzene ring substituents is 4. The van der Waals surface area contributed by atoms with Gasteiger partial charge >= 0.3 is 5.69 Å². The number of nitro groups is 4. The van der Waals surface area contributed by atoms with E-state index in [0.29, 0.717) is 11.1 Å². The van der Waals surface area contributed by atoms with E-state index in [1.807, 2.05) is 0 Å². The normalized spacial score (nSPS) is 14.8. The molecule has 0 aliphatic carbocycles. The standard InChI is InChI=1S/C12H8N4O5.C11H14N2O5.C6H3ClN2O4.2C6H6N2O.2ClH/c13-12(17)8-2-1-5-14(7-8)10-4-3-9(15(18)19)6-11(10)16(20)21;12-10(17)6-2-1-3-13(4-6)11-9(16)8(15)7(5-14)18-11;7-5-2-1-4(8(10)11)3-6(5)9(12)13;2*7-6(9)5-2-1-3-8-4-5;;/h1-7H,(H-,13,17);1-4,7-9,11,14-16H,5H2,(H-,12,17);1-3H;2*1-4H,(H2,7,9);2*1H/t;7-,8-,9-,11-;;;;;/m.1...../s1/i;13+1;;8+1;;;. The van der Waals surface area contributed by atoms with Gasteiger partial charge in [0.1, 0.15) is 34.4 Å². The fraction of sp³-hybridized carbons (Fsp3) is 0.122. The predicted molar refractivity (Wildman–Crippen MR) is 238 cm³/mol. The number of ether oxygens (including phenoxy) is 1. The Labute approximate surface area is 421 Å². The number of aliphatic hydroxyl groups is 3. The number of aliphatic hydroxyl groups excluding tert-OH is 3. The molecule has 1 aliphatic rings. The van der Waals surface area contributed by atoms with Crippen molar-refractivity contribution < 1.29 is 92.9 Å². The second-order valence-electron chi connectivity index (χ2n) is 13.5. The number of hydrogen-bond acceptors (Lipinski definition) is 18. The Morgan fingerprint density at radius 3 is 1.46 bits per heavy atom. The van der Waals surface area contributed by atoms with E-state index in [1.54, 1.807) is 48.9 Å². The lowest BCUT2D eigenvalue weighted by molar-refractivity contribution is -0.765. The number of carbonyl (C=O) groups excluding carboxylic acids is 4. The summed E-state index contributed by atoms with van der Waals surface area (Å²) in [5, 5.41) is 70.6. The zero-order chi connectivity index (χ0) is 52.2. The fourth-order valence-corrected chi connectivity index (χ4v) is 5.64. The molecule has 28 nitrogen and oxygen atoms in total. The van der Waals surface area contributed by atoms with Crippen LogP contribution in [-0.4, -0.2) is 93.5 Å². The quantitative estimate of drug-likeness (QED) is 0.0363. The molecule has 31 heteroatoms. The van der Waals surface area contributed by atoms with Gasteiger partial charge in [0.15, 0.2) is 30.9 Å². The molecule has 380 valence electrons. The topological polar surface area (TPSA) is 448 Å². The first-order valence-electron chi connectivity index (χ1n) is 19.2. The van der Waals surface area contributed by atoms with Crippen molar-refractivity contribution >= 4 is 58.0 Å². The Balaban J connectivity index is 0.000000464. The number of rotatable bonds is 11. The number of nitrogens with two attached hydrogens (primary N) is 4. The monoisotopic (exact) mass is 1060 g/mol. The average molecular weight is 1060 g/mol. The van der Waals surface area contributed by atoms with Crippen molar-refractivity contribution in [3.05, 3.63) is 202 Å². The highest BCUT2D eigenvalue weighted by Gasteiger charge is 2.48. The van der Waals surface area contributed by atoms with E-state index in [0.717, 1.165) is 30.3 Å². The number of hydrogen-bond donors (Lipinski definition) is 7. The molecule has 0 unspecified atom stereocenters. The molecule has 1 aliphatic heterocycles. The van der Waals surface area contributed by atoms with Crippen LogP contribution in [0.4, 0.5) is 22.7 Å². The zero-order valence-corrected chi connectivity index (χ0v) is 38.7. The minimum absolute atomic E-state index is 0. The van der Waals surface area contributed by atoms with Crippen LogP contribution in [0, 0.1) is 40.5 Å². The van der Waals surface area contributed by atoms with Crippen molar-refractivity contribution in [1.29, 1.82) is 0 Å². The Hall–Kier alpha value is -8.77. The Morgan fingerprint density at radius 2 is 1.06 bits per heavy atom. The molecule has 0 radical (unpaired) electrons. The highest BCUT2D eigenvalue weighted by Crippen LogP contribution is 2.28. The van der Waals surface area contributed by atoms with E-state index in [9.17, 15) is 69.8 Å². The molecule has 72 heavy (non-hydrogen) atoms. The average Bonchev–Trinajstić information content (AvgIpc) is 3.64. The first-order chi connectivity index (χ1) is 33.1. The number of carbonyl (C=O) groups is 4. The third-order valence-corrected chi connectivity index (χ3v) is 9.20. The Bertz CT molecular complexity index is 2830. The lowest BCUT2D eigenvalue weighted by atomic mass is 10.1. The maximum absolute atomic E-state index is 11.1. The molecule has 7 rings (SSSR count). The van der Waals surface area contributed by atoms with Gasteiger partial charge in [-0.15, -0.1) is 0 Å². The SMILES string of the molecule is NC(=O)c1ccc[15n+]([C@@H]2O[C@H](CO)[C@@H](O)[C@H]2O)c1.NC(=O)c1ccc[15n]c1.NC(=O)c1ccc[n+](-c2ccc([N+](=O)[O-])cc2[N+](=O)[O-])c1.NC(=O)c1cccnc1.O=[N+]([O-])c1ccc(Cl)c([N+](=O)[O-])c1.[Cl-].[Cl-]. The lowest BCUT2D eigenvalue weighted by Gasteiger charge is -2.09. The van der Waals surface area contributed by atoms with Gasteiger partial charge in [0.25, 0.3) is 40.8 Å². The molecule has 1 fully saturated rings. The number of benzene rings is 2. The van der Waals surface area contributed by atoms with Crippen LogP contribution in [0.25, 0.3) is 5.69 Å². The maximum atomic E-state index is 11.1. The van der Waals surface area contributed by atoms with Crippen molar-refractivity contribution in [3.8, 4) is 5.69 Å². The second kappa shape index (κ2) is 29.3. The fourth-order valence-electron chi connectivity index (χ4n) is 5.46. The molecule has 0 saturated carbocycles. The van der Waals surface area contributed by atoms with Crippen LogP contribution in [-0.2, 0) is 4.74 Å². The molecule has 11 N–H and O–H groups in total. The van der Waals surface area contributed by atoms with Crippen LogP contribution in [0.5, 0.6) is 0 Å². The molecule has 0 bridgehead atoms. The summed E-state index contributed by atoms with van der Waals surface area (Å²) in [6, 6.07) is 18.9. The van der Waals surface area contributed by atoms with E-state index in [-0.39, 0.29) is 52.3 Å². The number of non-ortho nitro benzene ring substituents is 2. The second-order valence-corrected chi connectivity index (χ2v) is 14.0. The van der Waals surface area contributed by atoms with E-state index in [1.165, 1.54) is 64.4 Å². The summed E-state index contributed by atoms with van der Waals surface area (Å²) in [5.74, 6) is -2.17. The minimum Gasteiger partial charge on any atom is -1.00 e. The molecule has 0 spiro atoms. The summed E-state index contributed by atoms with van der Waals surface area (Å²) < 4.78 is 8.06. The van der Waals surface area contributed by atoms with Crippen LogP contribution >= 0.6 is 11.6 Å². The summed E-state index contributed by atoms with van der Waals surface area (Å²) >= 11 is 5.43. The number of pyridine rings is 4. The van der Waals surface area contributed by atoms with Crippen molar-refractivity contribution in [2.75, 3.05) is 6.61 Å². The zero-order valence-electron chi connectivity index (χ0n) is 36.4. The van der Waals surface area contributed by atoms with Gasteiger partial charge in [0.05, 0.1) is 43.5 Å². The molecular weight excluding hydrogens is 1020 g/mol. The maximum Gasteiger partial charge on any atom is 0.347 e. The number of primary amides is 4. The number of aromatic nitrogens is 4. The predicted octanol–water partition coefficient (Wildman–Crippen LogP) is -4.91. The van der Waals surface area contributed by atoms with E-state index in [2.05, 4.69) is 9.97 Å². The molecule has 6 aromatic rings. The first kappa shape index (κ1) is 61.2. The van der Waals surface area contributed by atoms with Gasteiger partial charge in [-0.25, -0.2) is 0 Å². The third-order valence-electron chi connectivity index (χ3n) is 8.88. The highest BCUT2D eigenvalue weighted by atomic mass is 35.5. The van der Waals surface area contributed by atoms with Gasteiger partial charge in [-0.05, 0) is 42.5 Å². The van der Waals surface area contributed by atoms with E-state index < -0.39 is 91.5 Å². The Kier molecular flexibility index (Phi) is 24.9. The number of amides is 4. The van der Waals surface area contributed by atoms with Crippen LogP contribution in [0.1, 0.15) is 47.7 Å². The Morgan fingerprint density at radius 1 is 0.611 bits per heavy atom. The lowest BCUT2D eigenvalue weighted by Crippen LogP contribution is -3.00. The van der Waals surface area contributed by atoms with Crippen molar-refractivity contribution in [2.24, 2.45) is 22.9 Å². The summed E-state index contributed by atoms with van der Waals surface area (Å²) in [7, 11) is 0. The summed E-state index contributed by atoms with van der Waals surface area (Å²) in [4.78, 5) is 89.7. The van der Waals surface area contributed by atoms with Crippen LogP contribution < -0.4 is 56.9 Å². The molecule has 4 amide bonds. The van der Waals surface area contributed by atoms with E-state index >= 15 is 0 Å². The number of halogens is 3. The molecule has 5 heterocycles. The molecule has 4 aromatic heterocycles. The van der Waals surface area contributed by atoms with Crippen LogP contribution in [0.3, 0.4) is 0 Å². The van der Waals surface area contributed by atoms with Crippen molar-refractivity contribution in [1.82, 2.24) is 9.97 Å². The first-order valence-corrected chi connectivity index (χ1v) is 19.6. The van der Waals surface area contributed by atoms with Crippen molar-refractivity contribution in [2.45, 2.75) is 24.5 Å². The summed E-state index contributed by atoms with van der Waals surface area (Å²) in [5.41, 5.74) is 19.9. The van der Waals surface area contributed by atoms with Gasteiger partial charge in [-0.2, -0.15) is 9.13 Å². The largest absolute Gasteiger partial charge is 1.00 e. The van der Waals surface area contributed by atoms with Crippen LogP contribution in [0.2, 0.25) is 5.02 Å². The minimum atomic E-state index is -1.18. The molecule has 1 saturated heterocycles. The van der Waals surface area contributed by atoms with Gasteiger partial charge in [0, 0.05) is 55.1 Å². The third kappa shape index (κ3) is 18.0. The number of nitrogens with zero attached hydrogens (tertiary/aromatic N) is 8. The molecular formula is C41H39Cl3N12O16. The van der Waals surface area contributed by atoms with Crippen molar-refractivity contribution in [3.63, 3.8) is 0 Å².